The van der Waals surface area contributed by atoms with Gasteiger partial charge in [-0.1, -0.05) is 42.5 Å². The Labute approximate surface area is 222 Å². The molecule has 1 amide bonds. The summed E-state index contributed by atoms with van der Waals surface area (Å²) in [5, 5.41) is 0. The van der Waals surface area contributed by atoms with Crippen molar-refractivity contribution in [2.45, 2.75) is 24.3 Å². The molecule has 0 bridgehead atoms. The summed E-state index contributed by atoms with van der Waals surface area (Å²) >= 11 is 0. The van der Waals surface area contributed by atoms with E-state index in [1.165, 1.54) is 35.6 Å². The molecule has 1 atom stereocenters. The Morgan fingerprint density at radius 1 is 1.03 bits per heavy atom. The first-order chi connectivity index (χ1) is 18.2. The normalized spacial score (nSPS) is 14.9. The van der Waals surface area contributed by atoms with Gasteiger partial charge in [0.25, 0.3) is 0 Å². The number of sulfonamides is 1. The fraction of sp³-hybridized carbons (Fsp3) is 0.286. The van der Waals surface area contributed by atoms with Crippen molar-refractivity contribution >= 4 is 27.6 Å². The predicted octanol–water partition coefficient (Wildman–Crippen LogP) is 3.20. The van der Waals surface area contributed by atoms with Crippen LogP contribution in [-0.4, -0.2) is 64.6 Å². The second kappa shape index (κ2) is 11.7. The van der Waals surface area contributed by atoms with E-state index in [9.17, 15) is 18.0 Å². The number of amides is 1. The van der Waals surface area contributed by atoms with Gasteiger partial charge in [-0.2, -0.15) is 4.31 Å². The predicted molar refractivity (Wildman–Crippen MR) is 142 cm³/mol. The number of fused-ring (bicyclic) bond motifs is 1. The highest BCUT2D eigenvalue weighted by molar-refractivity contribution is 7.89. The largest absolute Gasteiger partial charge is 0.496 e. The second-order valence-electron chi connectivity index (χ2n) is 8.81. The molecule has 0 fully saturated rings. The Balaban J connectivity index is 1.66. The van der Waals surface area contributed by atoms with E-state index in [0.29, 0.717) is 29.2 Å². The number of carbonyl (C=O) groups excluding carboxylic acids is 2. The van der Waals surface area contributed by atoms with Gasteiger partial charge in [-0.25, -0.2) is 13.2 Å². The number of esters is 1. The summed E-state index contributed by atoms with van der Waals surface area (Å²) in [5.41, 5.74) is 2.05. The Kier molecular flexibility index (Phi) is 8.33. The molecule has 4 rings (SSSR count). The van der Waals surface area contributed by atoms with Crippen LogP contribution in [0.25, 0.3) is 0 Å². The van der Waals surface area contributed by atoms with Crippen LogP contribution in [0.3, 0.4) is 0 Å². The van der Waals surface area contributed by atoms with Gasteiger partial charge in [-0.05, 0) is 54.8 Å². The van der Waals surface area contributed by atoms with Gasteiger partial charge in [0.05, 0.1) is 37.9 Å². The molecule has 1 heterocycles. The summed E-state index contributed by atoms with van der Waals surface area (Å²) in [4.78, 5) is 27.4. The SMILES string of the molecule is COC(=O)C1CN(C(=O)CN(CCc2ccccc2)S(=O)(=O)c2ccc(OC)c(C)c2)c2ccccc2O1. The summed E-state index contributed by atoms with van der Waals surface area (Å²) in [6, 6.07) is 20.9. The Morgan fingerprint density at radius 3 is 2.42 bits per heavy atom. The summed E-state index contributed by atoms with van der Waals surface area (Å²) < 4.78 is 44.6. The molecule has 1 unspecified atom stereocenters. The van der Waals surface area contributed by atoms with Crippen LogP contribution in [0, 0.1) is 6.92 Å². The molecule has 0 aliphatic carbocycles. The second-order valence-corrected chi connectivity index (χ2v) is 10.7. The number of methoxy groups -OCH3 is 2. The molecule has 1 aliphatic rings. The maximum Gasteiger partial charge on any atom is 0.348 e. The number of anilines is 1. The molecule has 3 aromatic carbocycles. The maximum atomic E-state index is 13.8. The van der Waals surface area contributed by atoms with Gasteiger partial charge in [0.15, 0.2) is 0 Å². The first-order valence-corrected chi connectivity index (χ1v) is 13.5. The van der Waals surface area contributed by atoms with Crippen LogP contribution < -0.4 is 14.4 Å². The highest BCUT2D eigenvalue weighted by Gasteiger charge is 2.36. The van der Waals surface area contributed by atoms with Crippen LogP contribution >= 0.6 is 0 Å². The van der Waals surface area contributed by atoms with E-state index in [0.717, 1.165) is 5.56 Å². The maximum absolute atomic E-state index is 13.8. The van der Waals surface area contributed by atoms with E-state index in [2.05, 4.69) is 0 Å². The standard InChI is InChI=1S/C28H30N2O7S/c1-20-17-22(13-14-24(20)35-2)38(33,34)29(16-15-21-9-5-4-6-10-21)19-27(31)30-18-26(28(32)36-3)37-25-12-8-7-11-23(25)30/h4-14,17,26H,15-16,18-19H2,1-3H3. The molecule has 3 aromatic rings. The topological polar surface area (TPSA) is 102 Å². The molecule has 38 heavy (non-hydrogen) atoms. The third-order valence-electron chi connectivity index (χ3n) is 6.35. The third kappa shape index (κ3) is 5.81. The first-order valence-electron chi connectivity index (χ1n) is 12.1. The van der Waals surface area contributed by atoms with Gasteiger partial charge in [-0.15, -0.1) is 0 Å². The highest BCUT2D eigenvalue weighted by Crippen LogP contribution is 2.34. The van der Waals surface area contributed by atoms with Gasteiger partial charge >= 0.3 is 5.97 Å². The smallest absolute Gasteiger partial charge is 0.348 e. The number of rotatable bonds is 9. The molecular formula is C28H30N2O7S. The van der Waals surface area contributed by atoms with Crippen molar-refractivity contribution < 1.29 is 32.2 Å². The summed E-state index contributed by atoms with van der Waals surface area (Å²) in [5.74, 6) is -0.210. The highest BCUT2D eigenvalue weighted by atomic mass is 32.2. The molecule has 10 heteroatoms. The van der Waals surface area contributed by atoms with Crippen LogP contribution in [0.5, 0.6) is 11.5 Å². The minimum atomic E-state index is -4.06. The Bertz CT molecular complexity index is 1410. The van der Waals surface area contributed by atoms with Crippen molar-refractivity contribution in [3.05, 3.63) is 83.9 Å². The van der Waals surface area contributed by atoms with Crippen LogP contribution in [0.1, 0.15) is 11.1 Å². The summed E-state index contributed by atoms with van der Waals surface area (Å²) in [6.45, 7) is 1.31. The van der Waals surface area contributed by atoms with E-state index >= 15 is 0 Å². The van der Waals surface area contributed by atoms with E-state index in [1.807, 2.05) is 30.3 Å². The zero-order chi connectivity index (χ0) is 27.3. The number of benzene rings is 3. The van der Waals surface area contributed by atoms with E-state index in [-0.39, 0.29) is 18.0 Å². The molecule has 1 aliphatic heterocycles. The van der Waals surface area contributed by atoms with Crippen molar-refractivity contribution in [3.8, 4) is 11.5 Å². The lowest BCUT2D eigenvalue weighted by molar-refractivity contribution is -0.148. The van der Waals surface area contributed by atoms with Gasteiger partial charge in [0.1, 0.15) is 11.5 Å². The molecule has 0 radical (unpaired) electrons. The third-order valence-corrected chi connectivity index (χ3v) is 8.19. The zero-order valence-corrected chi connectivity index (χ0v) is 22.3. The Hall–Kier alpha value is -3.89. The van der Waals surface area contributed by atoms with Gasteiger partial charge in [0.2, 0.25) is 22.0 Å². The fourth-order valence-electron chi connectivity index (χ4n) is 4.30. The molecule has 0 spiro atoms. The Morgan fingerprint density at radius 2 is 1.74 bits per heavy atom. The molecule has 0 saturated carbocycles. The average molecular weight is 539 g/mol. The minimum absolute atomic E-state index is 0.0616. The molecule has 0 aromatic heterocycles. The van der Waals surface area contributed by atoms with Crippen LogP contribution in [-0.2, 0) is 30.8 Å². The number of hydrogen-bond donors (Lipinski definition) is 0. The zero-order valence-electron chi connectivity index (χ0n) is 21.5. The van der Waals surface area contributed by atoms with Gasteiger partial charge in [-0.3, -0.25) is 4.79 Å². The van der Waals surface area contributed by atoms with Crippen LogP contribution in [0.15, 0.2) is 77.7 Å². The first kappa shape index (κ1) is 27.2. The number of carbonyl (C=O) groups is 2. The number of ether oxygens (including phenoxy) is 3. The van der Waals surface area contributed by atoms with E-state index in [1.54, 1.807) is 37.3 Å². The monoisotopic (exact) mass is 538 g/mol. The summed E-state index contributed by atoms with van der Waals surface area (Å²) in [7, 11) is -1.30. The van der Waals surface area contributed by atoms with Crippen LogP contribution in [0.4, 0.5) is 5.69 Å². The average Bonchev–Trinajstić information content (AvgIpc) is 2.94. The summed E-state index contributed by atoms with van der Waals surface area (Å²) in [6.07, 6.45) is -0.620. The minimum Gasteiger partial charge on any atom is -0.496 e. The molecule has 9 nitrogen and oxygen atoms in total. The van der Waals surface area contributed by atoms with E-state index < -0.39 is 34.5 Å². The van der Waals surface area contributed by atoms with Crippen molar-refractivity contribution in [1.29, 1.82) is 0 Å². The fourth-order valence-corrected chi connectivity index (χ4v) is 5.78. The lowest BCUT2D eigenvalue weighted by atomic mass is 10.1. The van der Waals surface area contributed by atoms with Crippen molar-refractivity contribution in [2.24, 2.45) is 0 Å². The van der Waals surface area contributed by atoms with Crippen molar-refractivity contribution in [1.82, 2.24) is 4.31 Å². The molecule has 0 N–H and O–H groups in total. The van der Waals surface area contributed by atoms with Gasteiger partial charge in [0, 0.05) is 6.54 Å². The van der Waals surface area contributed by atoms with Gasteiger partial charge < -0.3 is 19.1 Å². The number of aryl methyl sites for hydroxylation is 1. The lowest BCUT2D eigenvalue weighted by Gasteiger charge is -2.34. The van der Waals surface area contributed by atoms with E-state index in [4.69, 9.17) is 14.2 Å². The van der Waals surface area contributed by atoms with Crippen molar-refractivity contribution in [2.75, 3.05) is 38.8 Å². The number of nitrogens with zero attached hydrogens (tertiary/aromatic N) is 2. The lowest BCUT2D eigenvalue weighted by Crippen LogP contribution is -2.51. The molecule has 200 valence electrons. The number of para-hydroxylation sites is 2. The molecular weight excluding hydrogens is 508 g/mol. The molecule has 0 saturated heterocycles. The van der Waals surface area contributed by atoms with Crippen molar-refractivity contribution in [3.63, 3.8) is 0 Å². The quantitative estimate of drug-likeness (QED) is 0.386. The number of hydrogen-bond acceptors (Lipinski definition) is 7. The van der Waals surface area contributed by atoms with Crippen LogP contribution in [0.2, 0.25) is 0 Å².